The maximum absolute atomic E-state index is 12.0. The van der Waals surface area contributed by atoms with Crippen molar-refractivity contribution in [1.82, 2.24) is 15.5 Å². The van der Waals surface area contributed by atoms with Crippen molar-refractivity contribution in [1.29, 1.82) is 0 Å². The van der Waals surface area contributed by atoms with Crippen LogP contribution in [0.4, 0.5) is 4.79 Å². The number of rotatable bonds is 5. The predicted molar refractivity (Wildman–Crippen MR) is 91.8 cm³/mol. The molecule has 3 amide bonds. The minimum atomic E-state index is -0.866. The number of amides is 3. The Morgan fingerprint density at radius 2 is 1.83 bits per heavy atom. The van der Waals surface area contributed by atoms with E-state index in [1.807, 2.05) is 0 Å². The van der Waals surface area contributed by atoms with Gasteiger partial charge in [-0.2, -0.15) is 0 Å². The van der Waals surface area contributed by atoms with Gasteiger partial charge in [-0.05, 0) is 37.1 Å². The highest BCUT2D eigenvalue weighted by Crippen LogP contribution is 2.16. The molecule has 1 saturated heterocycles. The third-order valence-corrected chi connectivity index (χ3v) is 4.38. The molecule has 0 radical (unpaired) electrons. The Kier molecular flexibility index (Phi) is 6.60. The lowest BCUT2D eigenvalue weighted by atomic mass is 9.99. The van der Waals surface area contributed by atoms with Gasteiger partial charge in [0.1, 0.15) is 0 Å². The second-order valence-corrected chi connectivity index (χ2v) is 6.53. The van der Waals surface area contributed by atoms with Crippen molar-refractivity contribution in [2.24, 2.45) is 5.92 Å². The van der Waals surface area contributed by atoms with Crippen LogP contribution < -0.4 is 10.6 Å². The minimum Gasteiger partial charge on any atom is -0.481 e. The van der Waals surface area contributed by atoms with Gasteiger partial charge in [0.2, 0.25) is 0 Å². The molecule has 0 aromatic heterocycles. The largest absolute Gasteiger partial charge is 0.481 e. The summed E-state index contributed by atoms with van der Waals surface area (Å²) in [5.41, 5.74) is 0.546. The number of nitrogens with one attached hydrogen (secondary N) is 2. The van der Waals surface area contributed by atoms with Gasteiger partial charge in [-0.3, -0.25) is 9.59 Å². The third kappa shape index (κ3) is 5.23. The highest BCUT2D eigenvalue weighted by molar-refractivity contribution is 9.10. The number of likely N-dealkylation sites (tertiary alicyclic amines) is 1. The molecule has 3 N–H and O–H groups in total. The molecule has 0 bridgehead atoms. The van der Waals surface area contributed by atoms with E-state index in [0.29, 0.717) is 31.5 Å². The molecule has 7 nitrogen and oxygen atoms in total. The first-order chi connectivity index (χ1) is 11.5. The third-order valence-electron chi connectivity index (χ3n) is 3.85. The maximum atomic E-state index is 12.0. The highest BCUT2D eigenvalue weighted by atomic mass is 79.9. The van der Waals surface area contributed by atoms with Crippen molar-refractivity contribution in [2.45, 2.75) is 12.8 Å². The number of benzene rings is 1. The Morgan fingerprint density at radius 3 is 2.50 bits per heavy atom. The van der Waals surface area contributed by atoms with Gasteiger partial charge in [-0.25, -0.2) is 4.79 Å². The first kappa shape index (κ1) is 18.3. The number of halogens is 1. The van der Waals surface area contributed by atoms with Crippen LogP contribution >= 0.6 is 15.9 Å². The fourth-order valence-corrected chi connectivity index (χ4v) is 2.79. The van der Waals surface area contributed by atoms with Gasteiger partial charge in [-0.1, -0.05) is 15.9 Å². The van der Waals surface area contributed by atoms with Crippen LogP contribution in [-0.4, -0.2) is 54.1 Å². The Hall–Kier alpha value is -2.09. The molecule has 130 valence electrons. The molecule has 1 aliphatic rings. The molecule has 1 aromatic carbocycles. The Morgan fingerprint density at radius 1 is 1.17 bits per heavy atom. The van der Waals surface area contributed by atoms with Crippen LogP contribution in [0.2, 0.25) is 0 Å². The minimum absolute atomic E-state index is 0.208. The van der Waals surface area contributed by atoms with Crippen LogP contribution in [0.25, 0.3) is 0 Å². The lowest BCUT2D eigenvalue weighted by Crippen LogP contribution is -2.48. The topological polar surface area (TPSA) is 98.7 Å². The average Bonchev–Trinajstić information content (AvgIpc) is 2.59. The summed E-state index contributed by atoms with van der Waals surface area (Å²) in [4.78, 5) is 36.4. The molecule has 1 heterocycles. The lowest BCUT2D eigenvalue weighted by Gasteiger charge is -2.30. The average molecular weight is 398 g/mol. The Labute approximate surface area is 148 Å². The molecule has 1 aliphatic heterocycles. The monoisotopic (exact) mass is 397 g/mol. The number of hydrogen-bond donors (Lipinski definition) is 3. The van der Waals surface area contributed by atoms with E-state index in [2.05, 4.69) is 26.6 Å². The molecule has 8 heteroatoms. The van der Waals surface area contributed by atoms with E-state index in [0.717, 1.165) is 4.47 Å². The van der Waals surface area contributed by atoms with E-state index in [4.69, 9.17) is 5.11 Å². The molecule has 0 aliphatic carbocycles. The number of carbonyl (C=O) groups is 3. The zero-order valence-electron chi connectivity index (χ0n) is 13.1. The Balaban J connectivity index is 1.70. The predicted octanol–water partition coefficient (Wildman–Crippen LogP) is 1.69. The van der Waals surface area contributed by atoms with Crippen molar-refractivity contribution in [3.05, 3.63) is 34.3 Å². The summed E-state index contributed by atoms with van der Waals surface area (Å²) in [6, 6.07) is 6.69. The van der Waals surface area contributed by atoms with Crippen molar-refractivity contribution in [2.75, 3.05) is 26.2 Å². The van der Waals surface area contributed by atoms with Crippen molar-refractivity contribution in [3.8, 4) is 0 Å². The van der Waals surface area contributed by atoms with Gasteiger partial charge < -0.3 is 20.6 Å². The highest BCUT2D eigenvalue weighted by Gasteiger charge is 2.27. The number of urea groups is 1. The summed E-state index contributed by atoms with van der Waals surface area (Å²) in [6.07, 6.45) is 1.28. The van der Waals surface area contributed by atoms with Gasteiger partial charge in [0.05, 0.1) is 5.92 Å². The van der Waals surface area contributed by atoms with Crippen molar-refractivity contribution in [3.63, 3.8) is 0 Å². The van der Waals surface area contributed by atoms with E-state index in [-0.39, 0.29) is 25.0 Å². The Bertz CT molecular complexity index is 606. The summed E-state index contributed by atoms with van der Waals surface area (Å²) >= 11 is 3.30. The molecule has 0 spiro atoms. The fourth-order valence-electron chi connectivity index (χ4n) is 2.52. The summed E-state index contributed by atoms with van der Waals surface area (Å²) < 4.78 is 0.896. The molecule has 1 aromatic rings. The number of carbonyl (C=O) groups excluding carboxylic acids is 2. The molecule has 1 atom stereocenters. The van der Waals surface area contributed by atoms with E-state index in [1.54, 1.807) is 24.3 Å². The van der Waals surface area contributed by atoms with E-state index in [9.17, 15) is 14.4 Å². The molecule has 24 heavy (non-hydrogen) atoms. The number of aliphatic carboxylic acids is 1. The standard InChI is InChI=1S/C16H20BrN3O4/c17-13-5-3-11(4-6-13)14(21)18-7-8-19-16(24)20-9-1-2-12(10-20)15(22)23/h3-6,12H,1-2,7-10H2,(H,18,21)(H,19,24)(H,22,23). The molecule has 1 unspecified atom stereocenters. The summed E-state index contributed by atoms with van der Waals surface area (Å²) in [5.74, 6) is -1.57. The normalized spacial score (nSPS) is 17.2. The maximum Gasteiger partial charge on any atom is 0.317 e. The van der Waals surface area contributed by atoms with Gasteiger partial charge in [-0.15, -0.1) is 0 Å². The van der Waals surface area contributed by atoms with E-state index >= 15 is 0 Å². The molecular weight excluding hydrogens is 378 g/mol. The van der Waals surface area contributed by atoms with Gasteiger partial charge in [0.25, 0.3) is 5.91 Å². The summed E-state index contributed by atoms with van der Waals surface area (Å²) in [6.45, 7) is 1.37. The zero-order chi connectivity index (χ0) is 17.5. The van der Waals surface area contributed by atoms with Crippen molar-refractivity contribution >= 4 is 33.8 Å². The van der Waals surface area contributed by atoms with Crippen molar-refractivity contribution < 1.29 is 19.5 Å². The number of carboxylic acids is 1. The second-order valence-electron chi connectivity index (χ2n) is 5.62. The zero-order valence-corrected chi connectivity index (χ0v) is 14.7. The first-order valence-electron chi connectivity index (χ1n) is 7.76. The van der Waals surface area contributed by atoms with E-state index < -0.39 is 11.9 Å². The smallest absolute Gasteiger partial charge is 0.317 e. The van der Waals surface area contributed by atoms with Crippen LogP contribution in [0.5, 0.6) is 0 Å². The SMILES string of the molecule is O=C(NCCNC(=O)N1CCCC(C(=O)O)C1)c1ccc(Br)cc1. The van der Waals surface area contributed by atoms with Crippen LogP contribution in [-0.2, 0) is 4.79 Å². The van der Waals surface area contributed by atoms with E-state index in [1.165, 1.54) is 4.90 Å². The quantitative estimate of drug-likeness (QED) is 0.658. The van der Waals surface area contributed by atoms with Crippen LogP contribution in [0, 0.1) is 5.92 Å². The molecule has 0 saturated carbocycles. The van der Waals surface area contributed by atoms with Gasteiger partial charge in [0, 0.05) is 36.2 Å². The van der Waals surface area contributed by atoms with Crippen LogP contribution in [0.1, 0.15) is 23.2 Å². The summed E-state index contributed by atoms with van der Waals surface area (Å²) in [5, 5.41) is 14.5. The number of piperidine rings is 1. The molecular formula is C16H20BrN3O4. The van der Waals surface area contributed by atoms with Gasteiger partial charge in [0.15, 0.2) is 0 Å². The first-order valence-corrected chi connectivity index (χ1v) is 8.56. The summed E-state index contributed by atoms with van der Waals surface area (Å²) in [7, 11) is 0. The second kappa shape index (κ2) is 8.68. The molecule has 2 rings (SSSR count). The van der Waals surface area contributed by atoms with Crippen LogP contribution in [0.3, 0.4) is 0 Å². The number of nitrogens with zero attached hydrogens (tertiary/aromatic N) is 1. The lowest BCUT2D eigenvalue weighted by molar-refractivity contribution is -0.143. The van der Waals surface area contributed by atoms with Crippen LogP contribution in [0.15, 0.2) is 28.7 Å². The number of carboxylic acid groups (broad SMARTS) is 1. The fraction of sp³-hybridized carbons (Fsp3) is 0.438. The number of hydrogen-bond acceptors (Lipinski definition) is 3. The van der Waals surface area contributed by atoms with Gasteiger partial charge >= 0.3 is 12.0 Å². The molecule has 1 fully saturated rings.